The monoisotopic (exact) mass is 196 g/mol. The summed E-state index contributed by atoms with van der Waals surface area (Å²) >= 11 is 4.91. The first-order valence-electron chi connectivity index (χ1n) is 3.96. The predicted molar refractivity (Wildman–Crippen MR) is 56.6 cm³/mol. The predicted octanol–water partition coefficient (Wildman–Crippen LogP) is 0.986. The van der Waals surface area contributed by atoms with E-state index in [0.29, 0.717) is 11.7 Å². The second-order valence-electron chi connectivity index (χ2n) is 2.60. The highest BCUT2D eigenvalue weighted by Crippen LogP contribution is 2.08. The van der Waals surface area contributed by atoms with Gasteiger partial charge in [0.1, 0.15) is 5.75 Å². The largest absolute Gasteiger partial charge is 0.508 e. The summed E-state index contributed by atoms with van der Waals surface area (Å²) in [5.74, 6) is 0.278. The fraction of sp³-hybridized carbons (Fsp3) is 0.222. The lowest BCUT2D eigenvalue weighted by Gasteiger charge is -2.06. The Morgan fingerprint density at radius 3 is 2.54 bits per heavy atom. The summed E-state index contributed by atoms with van der Waals surface area (Å²) in [7, 11) is 1.77. The van der Waals surface area contributed by atoms with Crippen LogP contribution in [-0.2, 0) is 6.54 Å². The standard InChI is InChI=1S/C9H12N2OS/c1-10-9(13)11-6-7-2-4-8(12)5-3-7/h2-5,12H,6H2,1H3,(H2,10,11,13). The molecule has 0 spiro atoms. The van der Waals surface area contributed by atoms with Crippen molar-refractivity contribution in [3.63, 3.8) is 0 Å². The topological polar surface area (TPSA) is 44.3 Å². The Morgan fingerprint density at radius 2 is 2.00 bits per heavy atom. The summed E-state index contributed by atoms with van der Waals surface area (Å²) in [6, 6.07) is 7.00. The van der Waals surface area contributed by atoms with Gasteiger partial charge in [0.25, 0.3) is 0 Å². The van der Waals surface area contributed by atoms with Crippen LogP contribution >= 0.6 is 12.2 Å². The smallest absolute Gasteiger partial charge is 0.166 e. The molecule has 0 fully saturated rings. The van der Waals surface area contributed by atoms with Crippen LogP contribution in [0.1, 0.15) is 5.56 Å². The molecule has 13 heavy (non-hydrogen) atoms. The van der Waals surface area contributed by atoms with E-state index in [-0.39, 0.29) is 5.75 Å². The van der Waals surface area contributed by atoms with E-state index >= 15 is 0 Å². The number of hydrogen-bond acceptors (Lipinski definition) is 2. The zero-order chi connectivity index (χ0) is 9.68. The number of aromatic hydroxyl groups is 1. The summed E-state index contributed by atoms with van der Waals surface area (Å²) in [6.07, 6.45) is 0. The van der Waals surface area contributed by atoms with Crippen molar-refractivity contribution in [2.45, 2.75) is 6.54 Å². The molecule has 70 valence electrons. The van der Waals surface area contributed by atoms with E-state index in [4.69, 9.17) is 17.3 Å². The molecule has 4 heteroatoms. The lowest BCUT2D eigenvalue weighted by Crippen LogP contribution is -2.31. The van der Waals surface area contributed by atoms with Crippen molar-refractivity contribution in [2.75, 3.05) is 7.05 Å². The van der Waals surface area contributed by atoms with E-state index in [1.54, 1.807) is 19.2 Å². The fourth-order valence-electron chi connectivity index (χ4n) is 0.885. The normalized spacial score (nSPS) is 9.31. The lowest BCUT2D eigenvalue weighted by atomic mass is 10.2. The van der Waals surface area contributed by atoms with Gasteiger partial charge < -0.3 is 15.7 Å². The molecular formula is C9H12N2OS. The fourth-order valence-corrected chi connectivity index (χ4v) is 0.957. The van der Waals surface area contributed by atoms with Crippen LogP contribution < -0.4 is 10.6 Å². The average molecular weight is 196 g/mol. The molecule has 0 atom stereocenters. The molecule has 0 unspecified atom stereocenters. The molecule has 0 aliphatic rings. The molecule has 0 radical (unpaired) electrons. The summed E-state index contributed by atoms with van der Waals surface area (Å²) in [5.41, 5.74) is 1.08. The van der Waals surface area contributed by atoms with E-state index in [1.807, 2.05) is 12.1 Å². The highest BCUT2D eigenvalue weighted by atomic mass is 32.1. The molecule has 0 aliphatic carbocycles. The molecule has 1 aromatic carbocycles. The molecule has 0 aromatic heterocycles. The number of phenolic OH excluding ortho intramolecular Hbond substituents is 1. The molecule has 3 N–H and O–H groups in total. The maximum absolute atomic E-state index is 9.02. The third-order valence-corrected chi connectivity index (χ3v) is 1.96. The number of nitrogens with one attached hydrogen (secondary N) is 2. The summed E-state index contributed by atoms with van der Waals surface area (Å²) in [5, 5.41) is 15.5. The second-order valence-corrected chi connectivity index (χ2v) is 3.01. The minimum Gasteiger partial charge on any atom is -0.508 e. The van der Waals surface area contributed by atoms with Gasteiger partial charge in [0.05, 0.1) is 0 Å². The quantitative estimate of drug-likeness (QED) is 0.617. The van der Waals surface area contributed by atoms with Crippen LogP contribution in [0.4, 0.5) is 0 Å². The van der Waals surface area contributed by atoms with Gasteiger partial charge in [-0.2, -0.15) is 0 Å². The van der Waals surface area contributed by atoms with Gasteiger partial charge in [0.2, 0.25) is 0 Å². The van der Waals surface area contributed by atoms with E-state index in [1.165, 1.54) is 0 Å². The van der Waals surface area contributed by atoms with E-state index in [2.05, 4.69) is 10.6 Å². The first-order valence-corrected chi connectivity index (χ1v) is 4.36. The molecule has 0 saturated heterocycles. The minimum absolute atomic E-state index is 0.278. The Morgan fingerprint density at radius 1 is 1.38 bits per heavy atom. The van der Waals surface area contributed by atoms with Crippen molar-refractivity contribution in [3.05, 3.63) is 29.8 Å². The third-order valence-electron chi connectivity index (χ3n) is 1.62. The molecule has 0 amide bonds. The maximum Gasteiger partial charge on any atom is 0.166 e. The van der Waals surface area contributed by atoms with E-state index < -0.39 is 0 Å². The number of thiocarbonyl (C=S) groups is 1. The molecule has 0 aliphatic heterocycles. The van der Waals surface area contributed by atoms with Crippen LogP contribution in [0.3, 0.4) is 0 Å². The highest BCUT2D eigenvalue weighted by Gasteiger charge is 1.93. The number of rotatable bonds is 2. The Kier molecular flexibility index (Phi) is 3.52. The number of phenols is 1. The van der Waals surface area contributed by atoms with Crippen LogP contribution in [0.5, 0.6) is 5.75 Å². The van der Waals surface area contributed by atoms with Crippen LogP contribution in [0, 0.1) is 0 Å². The van der Waals surface area contributed by atoms with Crippen molar-refractivity contribution < 1.29 is 5.11 Å². The van der Waals surface area contributed by atoms with Gasteiger partial charge in [-0.1, -0.05) is 12.1 Å². The molecule has 3 nitrogen and oxygen atoms in total. The van der Waals surface area contributed by atoms with Crippen LogP contribution in [-0.4, -0.2) is 17.3 Å². The summed E-state index contributed by atoms with van der Waals surface area (Å²) in [6.45, 7) is 0.667. The van der Waals surface area contributed by atoms with Crippen molar-refractivity contribution in [2.24, 2.45) is 0 Å². The van der Waals surface area contributed by atoms with Gasteiger partial charge in [0.15, 0.2) is 5.11 Å². The van der Waals surface area contributed by atoms with Gasteiger partial charge >= 0.3 is 0 Å². The van der Waals surface area contributed by atoms with Gasteiger partial charge in [-0.05, 0) is 29.9 Å². The Hall–Kier alpha value is -1.29. The van der Waals surface area contributed by atoms with Crippen LogP contribution in [0.15, 0.2) is 24.3 Å². The second kappa shape index (κ2) is 4.67. The van der Waals surface area contributed by atoms with Gasteiger partial charge in [-0.25, -0.2) is 0 Å². The molecule has 0 bridgehead atoms. The Bertz CT molecular complexity index is 284. The maximum atomic E-state index is 9.02. The number of hydrogen-bond donors (Lipinski definition) is 3. The van der Waals surface area contributed by atoms with Crippen LogP contribution in [0.25, 0.3) is 0 Å². The van der Waals surface area contributed by atoms with E-state index in [9.17, 15) is 0 Å². The van der Waals surface area contributed by atoms with E-state index in [0.717, 1.165) is 5.56 Å². The third kappa shape index (κ3) is 3.29. The van der Waals surface area contributed by atoms with Gasteiger partial charge in [-0.3, -0.25) is 0 Å². The molecule has 1 aromatic rings. The van der Waals surface area contributed by atoms with Crippen molar-refractivity contribution in [3.8, 4) is 5.75 Å². The van der Waals surface area contributed by atoms with Crippen molar-refractivity contribution in [1.29, 1.82) is 0 Å². The molecule has 1 rings (SSSR count). The first-order chi connectivity index (χ1) is 6.22. The Labute approximate surface area is 82.8 Å². The molecule has 0 heterocycles. The zero-order valence-corrected chi connectivity index (χ0v) is 8.19. The highest BCUT2D eigenvalue weighted by molar-refractivity contribution is 7.80. The van der Waals surface area contributed by atoms with Crippen molar-refractivity contribution >= 4 is 17.3 Å². The number of benzene rings is 1. The average Bonchev–Trinajstić information content (AvgIpc) is 2.16. The summed E-state index contributed by atoms with van der Waals surface area (Å²) < 4.78 is 0. The Balaban J connectivity index is 2.46. The van der Waals surface area contributed by atoms with Crippen molar-refractivity contribution in [1.82, 2.24) is 10.6 Å². The SMILES string of the molecule is CNC(=S)NCc1ccc(O)cc1. The van der Waals surface area contributed by atoms with Crippen LogP contribution in [0.2, 0.25) is 0 Å². The van der Waals surface area contributed by atoms with Gasteiger partial charge in [-0.15, -0.1) is 0 Å². The first kappa shape index (κ1) is 9.80. The van der Waals surface area contributed by atoms with Gasteiger partial charge in [0, 0.05) is 13.6 Å². The minimum atomic E-state index is 0.278. The molecular weight excluding hydrogens is 184 g/mol. The zero-order valence-electron chi connectivity index (χ0n) is 7.37. The lowest BCUT2D eigenvalue weighted by molar-refractivity contribution is 0.475. The summed E-state index contributed by atoms with van der Waals surface area (Å²) in [4.78, 5) is 0. The molecule has 0 saturated carbocycles.